The zero-order chi connectivity index (χ0) is 13.0. The first-order chi connectivity index (χ1) is 8.70. The van der Waals surface area contributed by atoms with Crippen molar-refractivity contribution >= 4 is 22.9 Å². The topological polar surface area (TPSA) is 33.2 Å². The quantitative estimate of drug-likeness (QED) is 0.846. The lowest BCUT2D eigenvalue weighted by molar-refractivity contribution is -0.118. The molecule has 0 atom stereocenters. The number of thiazole rings is 1. The summed E-state index contributed by atoms with van der Waals surface area (Å²) in [5.74, 6) is 0.0917. The standard InChI is InChI=1S/C14H16N2OS/c1-3-16(13-7-5-4-6-8-13)14(17)9-12-10-18-11(2)15-12/h4-8,10H,3,9H2,1-2H3. The molecule has 0 fully saturated rings. The Morgan fingerprint density at radius 2 is 2.06 bits per heavy atom. The number of likely N-dealkylation sites (N-methyl/N-ethyl adjacent to an activating group) is 1. The van der Waals surface area contributed by atoms with Crippen molar-refractivity contribution < 1.29 is 4.79 Å². The lowest BCUT2D eigenvalue weighted by atomic mass is 10.2. The number of aryl methyl sites for hydroxylation is 1. The van der Waals surface area contributed by atoms with E-state index in [1.54, 1.807) is 16.2 Å². The second-order valence-corrected chi connectivity index (χ2v) is 5.07. The molecule has 1 amide bonds. The molecule has 2 aromatic rings. The van der Waals surface area contributed by atoms with Gasteiger partial charge in [0.1, 0.15) is 0 Å². The maximum absolute atomic E-state index is 12.2. The van der Waals surface area contributed by atoms with Crippen LogP contribution in [0.25, 0.3) is 0 Å². The first kappa shape index (κ1) is 12.8. The van der Waals surface area contributed by atoms with Gasteiger partial charge in [0.25, 0.3) is 0 Å². The van der Waals surface area contributed by atoms with Gasteiger partial charge >= 0.3 is 0 Å². The van der Waals surface area contributed by atoms with E-state index in [0.29, 0.717) is 13.0 Å². The monoisotopic (exact) mass is 260 g/mol. The summed E-state index contributed by atoms with van der Waals surface area (Å²) in [6, 6.07) is 9.74. The highest BCUT2D eigenvalue weighted by Crippen LogP contribution is 2.15. The molecule has 0 N–H and O–H groups in total. The van der Waals surface area contributed by atoms with Gasteiger partial charge in [-0.1, -0.05) is 18.2 Å². The number of benzene rings is 1. The molecule has 0 radical (unpaired) electrons. The zero-order valence-electron chi connectivity index (χ0n) is 10.6. The minimum absolute atomic E-state index is 0.0917. The Bertz CT molecular complexity index is 522. The first-order valence-corrected chi connectivity index (χ1v) is 6.85. The lowest BCUT2D eigenvalue weighted by Crippen LogP contribution is -2.32. The molecule has 1 aromatic carbocycles. The van der Waals surface area contributed by atoms with Crippen LogP contribution < -0.4 is 4.90 Å². The van der Waals surface area contributed by atoms with Gasteiger partial charge in [-0.25, -0.2) is 4.98 Å². The fourth-order valence-electron chi connectivity index (χ4n) is 1.85. The van der Waals surface area contributed by atoms with Gasteiger partial charge in [0.2, 0.25) is 5.91 Å². The number of carbonyl (C=O) groups excluding carboxylic acids is 1. The summed E-state index contributed by atoms with van der Waals surface area (Å²) >= 11 is 1.58. The van der Waals surface area contributed by atoms with Crippen LogP contribution in [0.3, 0.4) is 0 Å². The number of amides is 1. The minimum atomic E-state index is 0.0917. The molecule has 0 spiro atoms. The smallest absolute Gasteiger partial charge is 0.233 e. The van der Waals surface area contributed by atoms with Crippen LogP contribution in [0, 0.1) is 6.92 Å². The number of nitrogens with zero attached hydrogens (tertiary/aromatic N) is 2. The van der Waals surface area contributed by atoms with Crippen LogP contribution in [0.15, 0.2) is 35.7 Å². The molecule has 0 aliphatic carbocycles. The van der Waals surface area contributed by atoms with E-state index in [9.17, 15) is 4.79 Å². The van der Waals surface area contributed by atoms with Crippen LogP contribution in [0.2, 0.25) is 0 Å². The van der Waals surface area contributed by atoms with Gasteiger partial charge in [0.15, 0.2) is 0 Å². The van der Waals surface area contributed by atoms with Crippen LogP contribution in [-0.4, -0.2) is 17.4 Å². The van der Waals surface area contributed by atoms with E-state index in [-0.39, 0.29) is 5.91 Å². The highest BCUT2D eigenvalue weighted by molar-refractivity contribution is 7.09. The molecule has 0 saturated carbocycles. The van der Waals surface area contributed by atoms with Crippen molar-refractivity contribution in [2.75, 3.05) is 11.4 Å². The highest BCUT2D eigenvalue weighted by Gasteiger charge is 2.15. The largest absolute Gasteiger partial charge is 0.312 e. The molecule has 0 bridgehead atoms. The van der Waals surface area contributed by atoms with Gasteiger partial charge in [0, 0.05) is 17.6 Å². The predicted molar refractivity (Wildman–Crippen MR) is 75.0 cm³/mol. The van der Waals surface area contributed by atoms with Crippen LogP contribution in [0.4, 0.5) is 5.69 Å². The number of anilines is 1. The number of rotatable bonds is 4. The number of hydrogen-bond donors (Lipinski definition) is 0. The molecule has 0 saturated heterocycles. The molecule has 3 nitrogen and oxygen atoms in total. The summed E-state index contributed by atoms with van der Waals surface area (Å²) in [6.45, 7) is 4.61. The first-order valence-electron chi connectivity index (χ1n) is 5.97. The zero-order valence-corrected chi connectivity index (χ0v) is 11.4. The van der Waals surface area contributed by atoms with E-state index in [1.165, 1.54) is 0 Å². The van der Waals surface area contributed by atoms with Crippen molar-refractivity contribution in [3.05, 3.63) is 46.4 Å². The van der Waals surface area contributed by atoms with Crippen molar-refractivity contribution in [1.82, 2.24) is 4.98 Å². The molecule has 94 valence electrons. The average Bonchev–Trinajstić information content (AvgIpc) is 2.77. The van der Waals surface area contributed by atoms with E-state index in [4.69, 9.17) is 0 Å². The van der Waals surface area contributed by atoms with Crippen LogP contribution in [-0.2, 0) is 11.2 Å². The average molecular weight is 260 g/mol. The SMILES string of the molecule is CCN(C(=O)Cc1csc(C)n1)c1ccccc1. The molecule has 0 aliphatic rings. The molecule has 18 heavy (non-hydrogen) atoms. The number of aromatic nitrogens is 1. The van der Waals surface area contributed by atoms with E-state index in [1.807, 2.05) is 49.6 Å². The summed E-state index contributed by atoms with van der Waals surface area (Å²) in [7, 11) is 0. The van der Waals surface area contributed by atoms with Crippen LogP contribution in [0.1, 0.15) is 17.6 Å². The third-order valence-corrected chi connectivity index (χ3v) is 3.51. The van der Waals surface area contributed by atoms with Crippen LogP contribution >= 0.6 is 11.3 Å². The summed E-state index contributed by atoms with van der Waals surface area (Å²) in [6.07, 6.45) is 0.368. The maximum Gasteiger partial charge on any atom is 0.233 e. The van der Waals surface area contributed by atoms with Gasteiger partial charge in [-0.05, 0) is 26.0 Å². The normalized spacial score (nSPS) is 10.3. The number of carbonyl (C=O) groups is 1. The number of hydrogen-bond acceptors (Lipinski definition) is 3. The van der Waals surface area contributed by atoms with Gasteiger partial charge in [0.05, 0.1) is 17.1 Å². The molecular formula is C14H16N2OS. The fourth-order valence-corrected chi connectivity index (χ4v) is 2.46. The summed E-state index contributed by atoms with van der Waals surface area (Å²) in [5.41, 5.74) is 1.80. The Morgan fingerprint density at radius 3 is 2.61 bits per heavy atom. The van der Waals surface area contributed by atoms with Crippen molar-refractivity contribution in [2.45, 2.75) is 20.3 Å². The van der Waals surface area contributed by atoms with E-state index in [0.717, 1.165) is 16.4 Å². The van der Waals surface area contributed by atoms with Gasteiger partial charge in [-0.2, -0.15) is 0 Å². The van der Waals surface area contributed by atoms with Crippen molar-refractivity contribution in [1.29, 1.82) is 0 Å². The Morgan fingerprint density at radius 1 is 1.33 bits per heavy atom. The van der Waals surface area contributed by atoms with E-state index in [2.05, 4.69) is 4.98 Å². The maximum atomic E-state index is 12.2. The molecular weight excluding hydrogens is 244 g/mol. The fraction of sp³-hybridized carbons (Fsp3) is 0.286. The number of para-hydroxylation sites is 1. The molecule has 1 aromatic heterocycles. The van der Waals surface area contributed by atoms with Gasteiger partial charge < -0.3 is 4.90 Å². The Balaban J connectivity index is 2.11. The molecule has 0 unspecified atom stereocenters. The summed E-state index contributed by atoms with van der Waals surface area (Å²) < 4.78 is 0. The molecule has 4 heteroatoms. The minimum Gasteiger partial charge on any atom is -0.312 e. The summed E-state index contributed by atoms with van der Waals surface area (Å²) in [4.78, 5) is 18.4. The Kier molecular flexibility index (Phi) is 4.10. The molecule has 1 heterocycles. The second-order valence-electron chi connectivity index (χ2n) is 4.01. The van der Waals surface area contributed by atoms with Crippen LogP contribution in [0.5, 0.6) is 0 Å². The van der Waals surface area contributed by atoms with Crippen molar-refractivity contribution in [2.24, 2.45) is 0 Å². The lowest BCUT2D eigenvalue weighted by Gasteiger charge is -2.20. The van der Waals surface area contributed by atoms with Crippen molar-refractivity contribution in [3.63, 3.8) is 0 Å². The Labute approximate surface area is 111 Å². The molecule has 2 rings (SSSR count). The van der Waals surface area contributed by atoms with Gasteiger partial charge in [-0.3, -0.25) is 4.79 Å². The summed E-state index contributed by atoms with van der Waals surface area (Å²) in [5, 5.41) is 2.95. The van der Waals surface area contributed by atoms with Crippen molar-refractivity contribution in [3.8, 4) is 0 Å². The molecule has 0 aliphatic heterocycles. The highest BCUT2D eigenvalue weighted by atomic mass is 32.1. The third kappa shape index (κ3) is 2.96. The predicted octanol–water partition coefficient (Wildman–Crippen LogP) is 3.05. The Hall–Kier alpha value is -1.68. The third-order valence-electron chi connectivity index (χ3n) is 2.68. The van der Waals surface area contributed by atoms with E-state index < -0.39 is 0 Å². The van der Waals surface area contributed by atoms with Gasteiger partial charge in [-0.15, -0.1) is 11.3 Å². The van der Waals surface area contributed by atoms with E-state index >= 15 is 0 Å². The second kappa shape index (κ2) is 5.78.